The second-order valence-corrected chi connectivity index (χ2v) is 8.81. The Balaban J connectivity index is 1.59. The van der Waals surface area contributed by atoms with Gasteiger partial charge in [-0.3, -0.25) is 0 Å². The number of aliphatic hydroxyl groups is 1. The van der Waals surface area contributed by atoms with Gasteiger partial charge >= 0.3 is 0 Å². The lowest BCUT2D eigenvalue weighted by molar-refractivity contribution is 0.0133. The summed E-state index contributed by atoms with van der Waals surface area (Å²) in [5, 5.41) is 19.0. The van der Waals surface area contributed by atoms with E-state index in [1.807, 2.05) is 0 Å². The third kappa shape index (κ3) is 4.37. The highest BCUT2D eigenvalue weighted by Crippen LogP contribution is 2.39. The summed E-state index contributed by atoms with van der Waals surface area (Å²) in [6, 6.07) is 3.11. The molecule has 9 nitrogen and oxygen atoms in total. The van der Waals surface area contributed by atoms with Gasteiger partial charge in [0, 0.05) is 16.9 Å². The van der Waals surface area contributed by atoms with E-state index < -0.39 is 22.5 Å². The van der Waals surface area contributed by atoms with Gasteiger partial charge in [0.2, 0.25) is 0 Å². The zero-order valence-electron chi connectivity index (χ0n) is 15.6. The van der Waals surface area contributed by atoms with E-state index in [0.717, 1.165) is 12.1 Å². The Morgan fingerprint density at radius 2 is 1.90 bits per heavy atom. The molecule has 0 amide bonds. The monoisotopic (exact) mass is 450 g/mol. The second-order valence-electron chi connectivity index (χ2n) is 6.47. The first kappa shape index (κ1) is 20.5. The summed E-state index contributed by atoms with van der Waals surface area (Å²) in [5.74, 6) is -1.01. The molecule has 0 radical (unpaired) electrons. The number of rotatable bonds is 8. The minimum Gasteiger partial charge on any atom is -0.382 e. The molecule has 30 heavy (non-hydrogen) atoms. The lowest BCUT2D eigenvalue weighted by Gasteiger charge is -2.33. The van der Waals surface area contributed by atoms with Gasteiger partial charge in [0.25, 0.3) is 0 Å². The topological polar surface area (TPSA) is 107 Å². The molecular weight excluding hydrogens is 434 g/mol. The molecule has 2 unspecified atom stereocenters. The summed E-state index contributed by atoms with van der Waals surface area (Å²) >= 11 is 2.41. The van der Waals surface area contributed by atoms with Crippen LogP contribution in [-0.2, 0) is 18.7 Å². The lowest BCUT2D eigenvalue weighted by atomic mass is 9.90. The van der Waals surface area contributed by atoms with Gasteiger partial charge in [-0.2, -0.15) is 14.6 Å². The average molecular weight is 451 g/mol. The molecule has 2 atom stereocenters. The summed E-state index contributed by atoms with van der Waals surface area (Å²) in [6.07, 6.45) is 5.72. The van der Waals surface area contributed by atoms with Gasteiger partial charge in [-0.15, -0.1) is 0 Å². The number of benzene rings is 1. The summed E-state index contributed by atoms with van der Waals surface area (Å²) in [6.45, 7) is 2.03. The van der Waals surface area contributed by atoms with Crippen molar-refractivity contribution >= 4 is 23.3 Å². The SMILES string of the molecule is CC(Sc1nc(Cn2cncn2)ns1)C(O)(Cn1cncn1)c1ccc(F)cc1F. The highest BCUT2D eigenvalue weighted by Gasteiger charge is 2.40. The van der Waals surface area contributed by atoms with Crippen molar-refractivity contribution in [3.63, 3.8) is 0 Å². The molecule has 0 fully saturated rings. The molecule has 0 saturated heterocycles. The number of halogens is 2. The molecular formula is C17H16F2N8OS2. The summed E-state index contributed by atoms with van der Waals surface area (Å²) in [5.41, 5.74) is -1.75. The van der Waals surface area contributed by atoms with Gasteiger partial charge in [-0.05, 0) is 24.5 Å². The van der Waals surface area contributed by atoms with Crippen molar-refractivity contribution in [3.05, 3.63) is 66.5 Å². The maximum Gasteiger partial charge on any atom is 0.170 e. The van der Waals surface area contributed by atoms with Crippen molar-refractivity contribution in [2.75, 3.05) is 0 Å². The molecule has 0 spiro atoms. The molecule has 0 aliphatic heterocycles. The van der Waals surface area contributed by atoms with Crippen molar-refractivity contribution in [3.8, 4) is 0 Å². The fourth-order valence-electron chi connectivity index (χ4n) is 2.89. The number of thioether (sulfide) groups is 1. The second kappa shape index (κ2) is 8.53. The Morgan fingerprint density at radius 1 is 1.17 bits per heavy atom. The maximum atomic E-state index is 14.6. The van der Waals surface area contributed by atoms with E-state index in [9.17, 15) is 13.9 Å². The number of nitrogens with zero attached hydrogens (tertiary/aromatic N) is 8. The molecule has 156 valence electrons. The zero-order valence-corrected chi connectivity index (χ0v) is 17.3. The molecule has 1 aromatic carbocycles. The van der Waals surface area contributed by atoms with Crippen molar-refractivity contribution in [1.29, 1.82) is 0 Å². The number of hydrogen-bond donors (Lipinski definition) is 1. The molecule has 0 saturated carbocycles. The van der Waals surface area contributed by atoms with E-state index in [2.05, 4.69) is 29.5 Å². The van der Waals surface area contributed by atoms with Crippen LogP contribution in [0, 0.1) is 11.6 Å². The van der Waals surface area contributed by atoms with Crippen molar-refractivity contribution < 1.29 is 13.9 Å². The first-order chi connectivity index (χ1) is 14.4. The molecule has 0 bridgehead atoms. The Morgan fingerprint density at radius 3 is 2.57 bits per heavy atom. The van der Waals surface area contributed by atoms with Crippen LogP contribution >= 0.6 is 23.3 Å². The van der Waals surface area contributed by atoms with Gasteiger partial charge in [0.15, 0.2) is 10.2 Å². The van der Waals surface area contributed by atoms with Gasteiger partial charge in [-0.1, -0.05) is 17.8 Å². The predicted octanol–water partition coefficient (Wildman–Crippen LogP) is 2.12. The first-order valence-electron chi connectivity index (χ1n) is 8.76. The molecule has 3 aromatic heterocycles. The Bertz CT molecular complexity index is 1110. The van der Waals surface area contributed by atoms with Crippen LogP contribution in [0.4, 0.5) is 8.78 Å². The van der Waals surface area contributed by atoms with E-state index in [1.54, 1.807) is 17.9 Å². The fourth-order valence-corrected chi connectivity index (χ4v) is 4.89. The molecule has 3 heterocycles. The van der Waals surface area contributed by atoms with Crippen LogP contribution in [0.3, 0.4) is 0 Å². The minimum atomic E-state index is -1.71. The Hall–Kier alpha value is -2.77. The fraction of sp³-hybridized carbons (Fsp3) is 0.294. The van der Waals surface area contributed by atoms with Crippen molar-refractivity contribution in [2.45, 2.75) is 35.2 Å². The van der Waals surface area contributed by atoms with Gasteiger partial charge in [-0.25, -0.2) is 33.1 Å². The normalized spacial score (nSPS) is 14.5. The van der Waals surface area contributed by atoms with Gasteiger partial charge in [0.05, 0.1) is 6.54 Å². The molecule has 0 aliphatic rings. The molecule has 1 N–H and O–H groups in total. The smallest absolute Gasteiger partial charge is 0.170 e. The van der Waals surface area contributed by atoms with Crippen LogP contribution in [0.15, 0.2) is 47.8 Å². The summed E-state index contributed by atoms with van der Waals surface area (Å²) in [4.78, 5) is 12.2. The highest BCUT2D eigenvalue weighted by atomic mass is 32.2. The van der Waals surface area contributed by atoms with Crippen LogP contribution < -0.4 is 0 Å². The maximum absolute atomic E-state index is 14.6. The van der Waals surface area contributed by atoms with Crippen molar-refractivity contribution in [1.82, 2.24) is 38.9 Å². The average Bonchev–Trinajstić information content (AvgIpc) is 3.46. The molecule has 13 heteroatoms. The van der Waals surface area contributed by atoms with E-state index in [1.165, 1.54) is 53.0 Å². The van der Waals surface area contributed by atoms with Crippen LogP contribution in [0.25, 0.3) is 0 Å². The minimum absolute atomic E-state index is 0.0354. The van der Waals surface area contributed by atoms with E-state index >= 15 is 0 Å². The van der Waals surface area contributed by atoms with Crippen LogP contribution in [-0.4, -0.2) is 49.2 Å². The zero-order chi connectivity index (χ0) is 21.1. The standard InChI is InChI=1S/C17H16F2N8OS2/c1-11(29-16-24-15(25-30-16)5-26-9-20-7-22-26)17(28,6-27-10-21-8-23-27)13-3-2-12(18)4-14(13)19/h2-4,7-11,28H,5-6H2,1H3. The highest BCUT2D eigenvalue weighted by molar-refractivity contribution is 8.01. The largest absolute Gasteiger partial charge is 0.382 e. The van der Waals surface area contributed by atoms with Gasteiger partial charge in [0.1, 0.15) is 49.1 Å². The Kier molecular flexibility index (Phi) is 5.83. The quantitative estimate of drug-likeness (QED) is 0.407. The lowest BCUT2D eigenvalue weighted by Crippen LogP contribution is -2.41. The molecule has 4 aromatic rings. The van der Waals surface area contributed by atoms with Crippen LogP contribution in [0.1, 0.15) is 18.3 Å². The van der Waals surface area contributed by atoms with Crippen LogP contribution in [0.5, 0.6) is 0 Å². The third-order valence-electron chi connectivity index (χ3n) is 4.44. The van der Waals surface area contributed by atoms with Crippen molar-refractivity contribution in [2.24, 2.45) is 0 Å². The van der Waals surface area contributed by atoms with E-state index in [-0.39, 0.29) is 12.1 Å². The third-order valence-corrected chi connectivity index (χ3v) is 6.53. The van der Waals surface area contributed by atoms with Crippen LogP contribution in [0.2, 0.25) is 0 Å². The van der Waals surface area contributed by atoms with Gasteiger partial charge < -0.3 is 5.11 Å². The summed E-state index contributed by atoms with van der Waals surface area (Å²) in [7, 11) is 0. The molecule has 0 aliphatic carbocycles. The first-order valence-corrected chi connectivity index (χ1v) is 10.4. The molecule has 4 rings (SSSR count). The number of aromatic nitrogens is 8. The van der Waals surface area contributed by atoms with E-state index in [4.69, 9.17) is 0 Å². The number of hydrogen-bond acceptors (Lipinski definition) is 9. The van der Waals surface area contributed by atoms with E-state index in [0.29, 0.717) is 16.7 Å². The summed E-state index contributed by atoms with van der Waals surface area (Å²) < 4.78 is 35.9. The predicted molar refractivity (Wildman–Crippen MR) is 105 cm³/mol. The Labute approximate surface area is 178 Å².